The molecule has 1 saturated carbocycles. The molecule has 0 spiro atoms. The zero-order chi connectivity index (χ0) is 21.2. The number of nitrogens with zero attached hydrogens (tertiary/aromatic N) is 2. The molecule has 2 aliphatic rings. The van der Waals surface area contributed by atoms with Crippen molar-refractivity contribution in [3.05, 3.63) is 29.8 Å². The fourth-order valence-corrected chi connectivity index (χ4v) is 4.77. The summed E-state index contributed by atoms with van der Waals surface area (Å²) in [5, 5.41) is 0. The Bertz CT molecular complexity index is 755. The van der Waals surface area contributed by atoms with Gasteiger partial charge in [0.1, 0.15) is 5.60 Å². The Morgan fingerprint density at radius 3 is 2.55 bits per heavy atom. The second kappa shape index (κ2) is 8.58. The van der Waals surface area contributed by atoms with E-state index in [0.29, 0.717) is 13.1 Å². The molecular weight excluding hydrogens is 384 g/mol. The van der Waals surface area contributed by atoms with Crippen molar-refractivity contribution >= 4 is 23.8 Å². The average molecular weight is 419 g/mol. The molecule has 0 radical (unpaired) electrons. The summed E-state index contributed by atoms with van der Waals surface area (Å²) in [4.78, 5) is 30.9. The number of ether oxygens (including phenoxy) is 1. The molecule has 0 unspecified atom stereocenters. The Morgan fingerprint density at radius 2 is 1.97 bits per heavy atom. The molecular formula is C23H34N2O3S. The summed E-state index contributed by atoms with van der Waals surface area (Å²) in [6.45, 7) is 9.84. The molecule has 5 nitrogen and oxygen atoms in total. The van der Waals surface area contributed by atoms with Gasteiger partial charge >= 0.3 is 6.09 Å². The minimum atomic E-state index is -0.513. The topological polar surface area (TPSA) is 49.9 Å². The molecule has 1 heterocycles. The SMILES string of the molecule is CSc1ccccc1C(=O)N(CC1(C)CCC1)[C@H]1CCN(C(=O)OC(C)(C)C)C1. The van der Waals surface area contributed by atoms with Crippen LogP contribution in [0.25, 0.3) is 0 Å². The number of rotatable bonds is 5. The van der Waals surface area contributed by atoms with Crippen molar-refractivity contribution < 1.29 is 14.3 Å². The monoisotopic (exact) mass is 418 g/mol. The van der Waals surface area contributed by atoms with Crippen LogP contribution in [0.1, 0.15) is 63.7 Å². The number of likely N-dealkylation sites (tertiary alicyclic amines) is 1. The highest BCUT2D eigenvalue weighted by Crippen LogP contribution is 2.42. The highest BCUT2D eigenvalue weighted by molar-refractivity contribution is 7.98. The lowest BCUT2D eigenvalue weighted by Crippen LogP contribution is -2.49. The maximum atomic E-state index is 13.6. The Labute approximate surface area is 179 Å². The van der Waals surface area contributed by atoms with Gasteiger partial charge in [0, 0.05) is 24.5 Å². The van der Waals surface area contributed by atoms with Crippen molar-refractivity contribution in [1.29, 1.82) is 0 Å². The van der Waals surface area contributed by atoms with Crippen LogP contribution in [0.3, 0.4) is 0 Å². The van der Waals surface area contributed by atoms with E-state index in [2.05, 4.69) is 6.92 Å². The van der Waals surface area contributed by atoms with Gasteiger partial charge in [-0.1, -0.05) is 25.5 Å². The van der Waals surface area contributed by atoms with Crippen molar-refractivity contribution in [2.75, 3.05) is 25.9 Å². The van der Waals surface area contributed by atoms with Crippen molar-refractivity contribution in [1.82, 2.24) is 9.80 Å². The minimum absolute atomic E-state index is 0.0300. The molecule has 3 rings (SSSR count). The Kier molecular flexibility index (Phi) is 6.51. The number of carbonyl (C=O) groups excluding carboxylic acids is 2. The lowest BCUT2D eigenvalue weighted by atomic mass is 9.70. The maximum Gasteiger partial charge on any atom is 0.410 e. The summed E-state index contributed by atoms with van der Waals surface area (Å²) in [5.74, 6) is 0.0825. The summed E-state index contributed by atoms with van der Waals surface area (Å²) in [7, 11) is 0. The first kappa shape index (κ1) is 22.0. The molecule has 1 aromatic rings. The largest absolute Gasteiger partial charge is 0.444 e. The molecule has 0 bridgehead atoms. The molecule has 1 saturated heterocycles. The van der Waals surface area contributed by atoms with E-state index in [4.69, 9.17) is 4.74 Å². The molecule has 1 aliphatic heterocycles. The van der Waals surface area contributed by atoms with Crippen molar-refractivity contribution in [2.24, 2.45) is 5.41 Å². The van der Waals surface area contributed by atoms with Crippen LogP contribution in [0, 0.1) is 5.41 Å². The van der Waals surface area contributed by atoms with Crippen LogP contribution in [0.5, 0.6) is 0 Å². The molecule has 0 aromatic heterocycles. The van der Waals surface area contributed by atoms with Crippen LogP contribution in [0.4, 0.5) is 4.79 Å². The van der Waals surface area contributed by atoms with E-state index in [0.717, 1.165) is 36.3 Å². The first-order valence-electron chi connectivity index (χ1n) is 10.5. The predicted molar refractivity (Wildman–Crippen MR) is 117 cm³/mol. The van der Waals surface area contributed by atoms with Gasteiger partial charge in [-0.05, 0) is 63.8 Å². The zero-order valence-corrected chi connectivity index (χ0v) is 19.2. The van der Waals surface area contributed by atoms with Gasteiger partial charge in [0.05, 0.1) is 11.6 Å². The van der Waals surface area contributed by atoms with Gasteiger partial charge in [0.25, 0.3) is 5.91 Å². The minimum Gasteiger partial charge on any atom is -0.444 e. The molecule has 1 aliphatic carbocycles. The van der Waals surface area contributed by atoms with Crippen molar-refractivity contribution in [3.63, 3.8) is 0 Å². The summed E-state index contributed by atoms with van der Waals surface area (Å²) >= 11 is 1.60. The third kappa shape index (κ3) is 5.27. The summed E-state index contributed by atoms with van der Waals surface area (Å²) in [6, 6.07) is 7.85. The third-order valence-electron chi connectivity index (χ3n) is 5.97. The van der Waals surface area contributed by atoms with E-state index in [9.17, 15) is 9.59 Å². The number of hydrogen-bond acceptors (Lipinski definition) is 4. The van der Waals surface area contributed by atoms with E-state index in [-0.39, 0.29) is 23.5 Å². The van der Waals surface area contributed by atoms with Crippen LogP contribution >= 0.6 is 11.8 Å². The van der Waals surface area contributed by atoms with E-state index in [1.165, 1.54) is 6.42 Å². The van der Waals surface area contributed by atoms with E-state index in [1.807, 2.05) is 56.2 Å². The highest BCUT2D eigenvalue weighted by Gasteiger charge is 2.41. The van der Waals surface area contributed by atoms with Crippen LogP contribution in [0.15, 0.2) is 29.2 Å². The number of amides is 2. The van der Waals surface area contributed by atoms with Crippen LogP contribution < -0.4 is 0 Å². The van der Waals surface area contributed by atoms with Crippen LogP contribution in [-0.2, 0) is 4.74 Å². The Balaban J connectivity index is 1.79. The van der Waals surface area contributed by atoms with Crippen LogP contribution in [0.2, 0.25) is 0 Å². The van der Waals surface area contributed by atoms with E-state index >= 15 is 0 Å². The van der Waals surface area contributed by atoms with Gasteiger partial charge in [0.15, 0.2) is 0 Å². The summed E-state index contributed by atoms with van der Waals surface area (Å²) < 4.78 is 5.54. The highest BCUT2D eigenvalue weighted by atomic mass is 32.2. The lowest BCUT2D eigenvalue weighted by molar-refractivity contribution is 0.0243. The van der Waals surface area contributed by atoms with Gasteiger partial charge in [-0.2, -0.15) is 0 Å². The zero-order valence-electron chi connectivity index (χ0n) is 18.4. The second-order valence-electron chi connectivity index (χ2n) is 9.67. The van der Waals surface area contributed by atoms with E-state index < -0.39 is 5.60 Å². The summed E-state index contributed by atoms with van der Waals surface area (Å²) in [5.41, 5.74) is 0.434. The van der Waals surface area contributed by atoms with Gasteiger partial charge in [-0.15, -0.1) is 11.8 Å². The predicted octanol–water partition coefficient (Wildman–Crippen LogP) is 5.05. The fourth-order valence-electron chi connectivity index (χ4n) is 4.18. The number of benzene rings is 1. The Morgan fingerprint density at radius 1 is 1.28 bits per heavy atom. The molecule has 6 heteroatoms. The fraction of sp³-hybridized carbons (Fsp3) is 0.652. The first-order chi connectivity index (χ1) is 13.6. The molecule has 1 aromatic carbocycles. The first-order valence-corrected chi connectivity index (χ1v) is 11.8. The number of hydrogen-bond donors (Lipinski definition) is 0. The lowest BCUT2D eigenvalue weighted by Gasteiger charge is -2.44. The maximum absolute atomic E-state index is 13.6. The quantitative estimate of drug-likeness (QED) is 0.628. The summed E-state index contributed by atoms with van der Waals surface area (Å²) in [6.07, 6.45) is 6.06. The van der Waals surface area contributed by atoms with Gasteiger partial charge in [0.2, 0.25) is 0 Å². The normalized spacial score (nSPS) is 20.9. The van der Waals surface area contributed by atoms with Crippen LogP contribution in [-0.4, -0.2) is 59.3 Å². The van der Waals surface area contributed by atoms with Gasteiger partial charge < -0.3 is 14.5 Å². The van der Waals surface area contributed by atoms with E-state index in [1.54, 1.807) is 16.7 Å². The standard InChI is InChI=1S/C23H34N2O3S/c1-22(2,3)28-21(27)24-14-11-17(15-24)25(16-23(4)12-8-13-23)20(26)18-9-6-7-10-19(18)29-5/h6-7,9-10,17H,8,11-16H2,1-5H3/t17-/m0/s1. The number of thioether (sulfide) groups is 1. The third-order valence-corrected chi connectivity index (χ3v) is 6.76. The molecule has 160 valence electrons. The van der Waals surface area contributed by atoms with Gasteiger partial charge in [-0.25, -0.2) is 4.79 Å². The van der Waals surface area contributed by atoms with Gasteiger partial charge in [-0.3, -0.25) is 4.79 Å². The smallest absolute Gasteiger partial charge is 0.410 e. The molecule has 2 amide bonds. The molecule has 29 heavy (non-hydrogen) atoms. The molecule has 0 N–H and O–H groups in total. The number of carbonyl (C=O) groups is 2. The second-order valence-corrected chi connectivity index (χ2v) is 10.5. The molecule has 1 atom stereocenters. The van der Waals surface area contributed by atoms with Crippen molar-refractivity contribution in [3.8, 4) is 0 Å². The Hall–Kier alpha value is -1.69. The average Bonchev–Trinajstić information content (AvgIpc) is 3.13. The van der Waals surface area contributed by atoms with Crippen molar-refractivity contribution in [2.45, 2.75) is 69.9 Å². The molecule has 2 fully saturated rings.